The predicted octanol–water partition coefficient (Wildman–Crippen LogP) is 0.938. The molecule has 0 spiro atoms. The lowest BCUT2D eigenvalue weighted by Crippen LogP contribution is -2.39. The lowest BCUT2D eigenvalue weighted by molar-refractivity contribution is 0.175. The summed E-state index contributed by atoms with van der Waals surface area (Å²) in [6.07, 6.45) is 1.00. The van der Waals surface area contributed by atoms with Crippen LogP contribution in [-0.2, 0) is 13.3 Å². The van der Waals surface area contributed by atoms with Crippen molar-refractivity contribution in [1.29, 1.82) is 0 Å². The summed E-state index contributed by atoms with van der Waals surface area (Å²) in [6, 6.07) is 0.896. The number of thiol groups is 1. The van der Waals surface area contributed by atoms with Crippen LogP contribution in [0.3, 0.4) is 0 Å². The van der Waals surface area contributed by atoms with E-state index in [0.29, 0.717) is 13.2 Å². The summed E-state index contributed by atoms with van der Waals surface area (Å²) in [4.78, 5) is 0. The molecule has 0 N–H and O–H groups in total. The van der Waals surface area contributed by atoms with Crippen molar-refractivity contribution in [2.24, 2.45) is 0 Å². The molecule has 1 rings (SSSR count). The Bertz CT molecular complexity index is 116. The standard InChI is InChI=1S/C6H14O3SSi/c1-7-11(6-2-5-10)8-3-4-9-11/h10H,2-6H2,1H3. The highest BCUT2D eigenvalue weighted by Crippen LogP contribution is 2.21. The van der Waals surface area contributed by atoms with Gasteiger partial charge in [-0.3, -0.25) is 0 Å². The Morgan fingerprint density at radius 2 is 2.09 bits per heavy atom. The van der Waals surface area contributed by atoms with E-state index in [2.05, 4.69) is 12.6 Å². The van der Waals surface area contributed by atoms with Gasteiger partial charge < -0.3 is 13.3 Å². The molecule has 0 saturated carbocycles. The van der Waals surface area contributed by atoms with Crippen LogP contribution in [0.15, 0.2) is 0 Å². The number of rotatable bonds is 4. The third-order valence-corrected chi connectivity index (χ3v) is 4.87. The molecule has 0 aliphatic carbocycles. The second kappa shape index (κ2) is 4.47. The highest BCUT2D eigenvalue weighted by molar-refractivity contribution is 7.80. The van der Waals surface area contributed by atoms with Crippen LogP contribution in [0.25, 0.3) is 0 Å². The van der Waals surface area contributed by atoms with Crippen molar-refractivity contribution in [1.82, 2.24) is 0 Å². The fraction of sp³-hybridized carbons (Fsp3) is 1.00. The van der Waals surface area contributed by atoms with Crippen LogP contribution in [0.2, 0.25) is 6.04 Å². The fourth-order valence-corrected chi connectivity index (χ4v) is 3.76. The minimum absolute atomic E-state index is 0.687. The van der Waals surface area contributed by atoms with Gasteiger partial charge in [0.1, 0.15) is 0 Å². The van der Waals surface area contributed by atoms with Gasteiger partial charge in [-0.25, -0.2) is 0 Å². The first-order valence-electron chi connectivity index (χ1n) is 3.77. The fourth-order valence-electron chi connectivity index (χ4n) is 1.10. The molecule has 66 valence electrons. The van der Waals surface area contributed by atoms with Gasteiger partial charge in [-0.1, -0.05) is 0 Å². The third kappa shape index (κ3) is 2.45. The van der Waals surface area contributed by atoms with Gasteiger partial charge in [0.25, 0.3) is 0 Å². The van der Waals surface area contributed by atoms with Crippen LogP contribution in [0, 0.1) is 0 Å². The van der Waals surface area contributed by atoms with E-state index in [0.717, 1.165) is 18.2 Å². The third-order valence-electron chi connectivity index (χ3n) is 1.68. The summed E-state index contributed by atoms with van der Waals surface area (Å²) >= 11 is 4.12. The van der Waals surface area contributed by atoms with E-state index in [1.807, 2.05) is 0 Å². The predicted molar refractivity (Wildman–Crippen MR) is 47.9 cm³/mol. The van der Waals surface area contributed by atoms with Crippen LogP contribution in [0.1, 0.15) is 6.42 Å². The van der Waals surface area contributed by atoms with Crippen LogP contribution >= 0.6 is 12.6 Å². The largest absolute Gasteiger partial charge is 0.500 e. The van der Waals surface area contributed by atoms with Gasteiger partial charge in [-0.05, 0) is 12.2 Å². The monoisotopic (exact) mass is 194 g/mol. The maximum absolute atomic E-state index is 5.45. The molecule has 0 unspecified atom stereocenters. The van der Waals surface area contributed by atoms with Gasteiger partial charge in [0.05, 0.1) is 13.2 Å². The Kier molecular flexibility index (Phi) is 3.87. The first-order valence-corrected chi connectivity index (χ1v) is 6.33. The Balaban J connectivity index is 2.33. The average Bonchev–Trinajstić information content (AvgIpc) is 2.50. The summed E-state index contributed by atoms with van der Waals surface area (Å²) < 4.78 is 16.2. The van der Waals surface area contributed by atoms with Gasteiger partial charge in [0, 0.05) is 13.2 Å². The normalized spacial score (nSPS) is 22.4. The van der Waals surface area contributed by atoms with Crippen molar-refractivity contribution in [2.75, 3.05) is 26.1 Å². The summed E-state index contributed by atoms with van der Waals surface area (Å²) in [5.74, 6) is 0.866. The van der Waals surface area contributed by atoms with Crippen LogP contribution in [0.4, 0.5) is 0 Å². The first-order chi connectivity index (χ1) is 5.33. The first kappa shape index (κ1) is 9.53. The topological polar surface area (TPSA) is 27.7 Å². The highest BCUT2D eigenvalue weighted by atomic mass is 32.1. The van der Waals surface area contributed by atoms with E-state index in [9.17, 15) is 0 Å². The highest BCUT2D eigenvalue weighted by Gasteiger charge is 2.43. The molecule has 1 aliphatic heterocycles. The molecule has 1 heterocycles. The van der Waals surface area contributed by atoms with Crippen molar-refractivity contribution in [2.45, 2.75) is 12.5 Å². The Morgan fingerprint density at radius 3 is 2.55 bits per heavy atom. The second-order valence-corrected chi connectivity index (χ2v) is 5.71. The average molecular weight is 194 g/mol. The van der Waals surface area contributed by atoms with Gasteiger partial charge in [-0.15, -0.1) is 0 Å². The van der Waals surface area contributed by atoms with Crippen LogP contribution in [0.5, 0.6) is 0 Å². The summed E-state index contributed by atoms with van der Waals surface area (Å²) in [5.41, 5.74) is 0. The molecule has 11 heavy (non-hydrogen) atoms. The zero-order valence-corrected chi connectivity index (χ0v) is 8.60. The SMILES string of the molecule is CO[Si]1(CCCS)OCCO1. The van der Waals surface area contributed by atoms with E-state index in [1.165, 1.54) is 0 Å². The summed E-state index contributed by atoms with van der Waals surface area (Å²) in [6.45, 7) is 1.37. The van der Waals surface area contributed by atoms with Gasteiger partial charge in [0.2, 0.25) is 0 Å². The molecule has 1 aliphatic rings. The lowest BCUT2D eigenvalue weighted by atomic mass is 10.6. The van der Waals surface area contributed by atoms with E-state index >= 15 is 0 Å². The molecule has 0 atom stereocenters. The molecule has 0 bridgehead atoms. The Morgan fingerprint density at radius 1 is 1.45 bits per heavy atom. The number of hydrogen-bond acceptors (Lipinski definition) is 4. The quantitative estimate of drug-likeness (QED) is 0.533. The van der Waals surface area contributed by atoms with Crippen molar-refractivity contribution < 1.29 is 13.3 Å². The van der Waals surface area contributed by atoms with Gasteiger partial charge in [-0.2, -0.15) is 12.6 Å². The van der Waals surface area contributed by atoms with Crippen molar-refractivity contribution in [3.63, 3.8) is 0 Å². The van der Waals surface area contributed by atoms with Crippen LogP contribution < -0.4 is 0 Å². The van der Waals surface area contributed by atoms with E-state index < -0.39 is 8.80 Å². The van der Waals surface area contributed by atoms with E-state index in [4.69, 9.17) is 13.3 Å². The second-order valence-electron chi connectivity index (χ2n) is 2.41. The summed E-state index contributed by atoms with van der Waals surface area (Å²) in [5, 5.41) is 0. The Labute approximate surface area is 73.8 Å². The maximum Gasteiger partial charge on any atom is 0.500 e. The van der Waals surface area contributed by atoms with Crippen molar-refractivity contribution >= 4 is 21.4 Å². The van der Waals surface area contributed by atoms with Crippen molar-refractivity contribution in [3.8, 4) is 0 Å². The summed E-state index contributed by atoms with van der Waals surface area (Å²) in [7, 11) is -0.513. The Hall–Kier alpha value is 0.447. The molecular weight excluding hydrogens is 180 g/mol. The molecule has 1 fully saturated rings. The maximum atomic E-state index is 5.45. The smallest absolute Gasteiger partial charge is 0.377 e. The minimum Gasteiger partial charge on any atom is -0.377 e. The molecule has 3 nitrogen and oxygen atoms in total. The molecule has 0 aromatic rings. The zero-order chi connectivity index (χ0) is 8.16. The lowest BCUT2D eigenvalue weighted by Gasteiger charge is -2.19. The van der Waals surface area contributed by atoms with Crippen molar-refractivity contribution in [3.05, 3.63) is 0 Å². The van der Waals surface area contributed by atoms with Gasteiger partial charge in [0.15, 0.2) is 0 Å². The molecule has 1 saturated heterocycles. The van der Waals surface area contributed by atoms with Gasteiger partial charge >= 0.3 is 8.80 Å². The molecule has 0 amide bonds. The zero-order valence-electron chi connectivity index (χ0n) is 6.71. The van der Waals surface area contributed by atoms with E-state index in [-0.39, 0.29) is 0 Å². The molecule has 0 aromatic heterocycles. The molecule has 0 radical (unpaired) electrons. The molecular formula is C6H14O3SSi. The molecule has 5 heteroatoms. The minimum atomic E-state index is -2.18. The number of hydrogen-bond donors (Lipinski definition) is 1. The molecule has 0 aromatic carbocycles. The van der Waals surface area contributed by atoms with E-state index in [1.54, 1.807) is 7.11 Å². The van der Waals surface area contributed by atoms with Crippen LogP contribution in [-0.4, -0.2) is 34.9 Å².